The zero-order valence-electron chi connectivity index (χ0n) is 18.2. The minimum absolute atomic E-state index is 0.0126. The Bertz CT molecular complexity index is 913. The highest BCUT2D eigenvalue weighted by atomic mass is 16.5. The molecule has 0 unspecified atom stereocenters. The molecule has 1 atom stereocenters. The number of ketones is 1. The lowest BCUT2D eigenvalue weighted by Crippen LogP contribution is -2.50. The fourth-order valence-corrected chi connectivity index (χ4v) is 4.06. The molecule has 162 valence electrons. The molecule has 6 heteroatoms. The zero-order valence-corrected chi connectivity index (χ0v) is 18.2. The van der Waals surface area contributed by atoms with Crippen molar-refractivity contribution in [1.29, 1.82) is 5.26 Å². The van der Waals surface area contributed by atoms with Gasteiger partial charge in [0, 0.05) is 23.7 Å². The summed E-state index contributed by atoms with van der Waals surface area (Å²) in [5.74, 6) is 0.844. The first-order valence-electron chi connectivity index (χ1n) is 10.7. The fourth-order valence-electron chi connectivity index (χ4n) is 4.06. The summed E-state index contributed by atoms with van der Waals surface area (Å²) in [7, 11) is 1.61. The number of hydrogen-bond acceptors (Lipinski definition) is 5. The van der Waals surface area contributed by atoms with E-state index in [0.29, 0.717) is 25.2 Å². The van der Waals surface area contributed by atoms with E-state index in [1.807, 2.05) is 61.5 Å². The third kappa shape index (κ3) is 5.50. The number of hydrogen-bond donors (Lipinski definition) is 0. The van der Waals surface area contributed by atoms with Crippen molar-refractivity contribution < 1.29 is 14.3 Å². The summed E-state index contributed by atoms with van der Waals surface area (Å²) < 4.78 is 5.16. The molecule has 2 aromatic carbocycles. The van der Waals surface area contributed by atoms with Crippen molar-refractivity contribution in [3.63, 3.8) is 0 Å². The minimum atomic E-state index is -0.309. The number of carbonyl (C=O) groups excluding carboxylic acids is 2. The molecule has 1 aliphatic rings. The molecule has 31 heavy (non-hydrogen) atoms. The number of benzene rings is 2. The van der Waals surface area contributed by atoms with Gasteiger partial charge < -0.3 is 9.64 Å². The number of methoxy groups -OCH3 is 1. The van der Waals surface area contributed by atoms with E-state index in [-0.39, 0.29) is 30.1 Å². The summed E-state index contributed by atoms with van der Waals surface area (Å²) in [6.07, 6.45) is 1.74. The summed E-state index contributed by atoms with van der Waals surface area (Å²) in [5, 5.41) is 9.00. The van der Waals surface area contributed by atoms with E-state index in [4.69, 9.17) is 10.00 Å². The van der Waals surface area contributed by atoms with Crippen LogP contribution >= 0.6 is 0 Å². The third-order valence-electron chi connectivity index (χ3n) is 5.96. The summed E-state index contributed by atoms with van der Waals surface area (Å²) in [4.78, 5) is 29.9. The molecule has 0 radical (unpaired) electrons. The lowest BCUT2D eigenvalue weighted by molar-refractivity contribution is -0.123. The maximum atomic E-state index is 13.2. The Labute approximate surface area is 184 Å². The first kappa shape index (κ1) is 22.5. The van der Waals surface area contributed by atoms with E-state index < -0.39 is 0 Å². The van der Waals surface area contributed by atoms with Crippen LogP contribution in [0.2, 0.25) is 0 Å². The number of nitriles is 1. The van der Waals surface area contributed by atoms with Crippen LogP contribution in [-0.2, 0) is 4.79 Å². The molecular weight excluding hydrogens is 390 g/mol. The molecule has 6 nitrogen and oxygen atoms in total. The van der Waals surface area contributed by atoms with Crippen LogP contribution in [0.5, 0.6) is 5.75 Å². The van der Waals surface area contributed by atoms with Crippen molar-refractivity contribution in [2.75, 3.05) is 31.6 Å². The van der Waals surface area contributed by atoms with Gasteiger partial charge in [-0.05, 0) is 69.3 Å². The maximum Gasteiger partial charge on any atom is 0.244 e. The molecule has 0 spiro atoms. The van der Waals surface area contributed by atoms with E-state index >= 15 is 0 Å². The van der Waals surface area contributed by atoms with E-state index in [9.17, 15) is 9.59 Å². The van der Waals surface area contributed by atoms with Gasteiger partial charge in [0.05, 0.1) is 25.6 Å². The Balaban J connectivity index is 1.61. The molecule has 0 N–H and O–H groups in total. The highest BCUT2D eigenvalue weighted by Crippen LogP contribution is 2.25. The first-order valence-corrected chi connectivity index (χ1v) is 10.7. The predicted octanol–water partition coefficient (Wildman–Crippen LogP) is 3.93. The van der Waals surface area contributed by atoms with Gasteiger partial charge in [-0.15, -0.1) is 0 Å². The van der Waals surface area contributed by atoms with Gasteiger partial charge in [0.15, 0.2) is 5.78 Å². The van der Waals surface area contributed by atoms with Crippen molar-refractivity contribution in [1.82, 2.24) is 4.90 Å². The lowest BCUT2D eigenvalue weighted by Gasteiger charge is -2.37. The summed E-state index contributed by atoms with van der Waals surface area (Å²) in [6.45, 7) is 3.67. The topological polar surface area (TPSA) is 73.6 Å². The first-order chi connectivity index (χ1) is 15.0. The van der Waals surface area contributed by atoms with Crippen LogP contribution in [0.15, 0.2) is 54.6 Å². The summed E-state index contributed by atoms with van der Waals surface area (Å²) in [5.41, 5.74) is 1.51. The van der Waals surface area contributed by atoms with E-state index in [0.717, 1.165) is 24.3 Å². The Hall–Kier alpha value is -3.17. The highest BCUT2D eigenvalue weighted by molar-refractivity contribution is 5.98. The molecule has 1 saturated heterocycles. The van der Waals surface area contributed by atoms with Crippen LogP contribution < -0.4 is 9.64 Å². The Kier molecular flexibility index (Phi) is 7.80. The minimum Gasteiger partial charge on any atom is -0.497 e. The number of anilines is 1. The van der Waals surface area contributed by atoms with Gasteiger partial charge in [0.25, 0.3) is 0 Å². The van der Waals surface area contributed by atoms with E-state index in [1.54, 1.807) is 12.0 Å². The average Bonchev–Trinajstić information content (AvgIpc) is 2.84. The largest absolute Gasteiger partial charge is 0.497 e. The molecule has 3 rings (SSSR count). The number of Topliss-reactive ketones (excluding diaryl/α,β-unsaturated/α-hetero) is 1. The number of ether oxygens (including phenoxy) is 1. The van der Waals surface area contributed by atoms with Gasteiger partial charge in [0.1, 0.15) is 5.75 Å². The molecule has 1 amide bonds. The standard InChI is InChI=1S/C25H29N3O3/c1-19(25(30)28(16-6-15-26)22-7-4-3-5-8-22)27-17-13-21(14-18-27)24(29)20-9-11-23(31-2)12-10-20/h3-5,7-12,19,21H,6,13-14,16-18H2,1-2H3/t19-/m0/s1. The zero-order chi connectivity index (χ0) is 22.2. The van der Waals surface area contributed by atoms with Crippen LogP contribution in [-0.4, -0.2) is 49.4 Å². The number of amides is 1. The Morgan fingerprint density at radius 2 is 1.77 bits per heavy atom. The number of likely N-dealkylation sites (tertiary alicyclic amines) is 1. The van der Waals surface area contributed by atoms with Crippen LogP contribution in [0, 0.1) is 17.2 Å². The molecule has 2 aromatic rings. The van der Waals surface area contributed by atoms with Gasteiger partial charge in [-0.3, -0.25) is 14.5 Å². The second kappa shape index (κ2) is 10.7. The summed E-state index contributed by atoms with van der Waals surface area (Å²) >= 11 is 0. The van der Waals surface area contributed by atoms with Crippen molar-refractivity contribution in [3.05, 3.63) is 60.2 Å². The number of carbonyl (C=O) groups is 2. The average molecular weight is 420 g/mol. The van der Waals surface area contributed by atoms with Gasteiger partial charge >= 0.3 is 0 Å². The highest BCUT2D eigenvalue weighted by Gasteiger charge is 2.32. The van der Waals surface area contributed by atoms with Crippen molar-refractivity contribution in [2.24, 2.45) is 5.92 Å². The lowest BCUT2D eigenvalue weighted by atomic mass is 9.88. The molecule has 1 fully saturated rings. The second-order valence-corrected chi connectivity index (χ2v) is 7.81. The summed E-state index contributed by atoms with van der Waals surface area (Å²) in [6, 6.07) is 18.5. The SMILES string of the molecule is COc1ccc(C(=O)C2CCN([C@@H](C)C(=O)N(CCC#N)c3ccccc3)CC2)cc1. The Morgan fingerprint density at radius 3 is 2.35 bits per heavy atom. The van der Waals surface area contributed by atoms with Gasteiger partial charge in [0.2, 0.25) is 5.91 Å². The normalized spacial score (nSPS) is 15.6. The van der Waals surface area contributed by atoms with Crippen LogP contribution in [0.1, 0.15) is 36.5 Å². The van der Waals surface area contributed by atoms with Crippen LogP contribution in [0.25, 0.3) is 0 Å². The fraction of sp³-hybridized carbons (Fsp3) is 0.400. The predicted molar refractivity (Wildman–Crippen MR) is 120 cm³/mol. The van der Waals surface area contributed by atoms with Crippen molar-refractivity contribution in [2.45, 2.75) is 32.2 Å². The van der Waals surface area contributed by atoms with E-state index in [2.05, 4.69) is 11.0 Å². The quantitative estimate of drug-likeness (QED) is 0.606. The van der Waals surface area contributed by atoms with Crippen LogP contribution in [0.3, 0.4) is 0 Å². The van der Waals surface area contributed by atoms with Gasteiger partial charge in [-0.25, -0.2) is 0 Å². The number of para-hydroxylation sites is 1. The number of rotatable bonds is 8. The molecule has 0 aliphatic carbocycles. The monoisotopic (exact) mass is 419 g/mol. The third-order valence-corrected chi connectivity index (χ3v) is 5.96. The Morgan fingerprint density at radius 1 is 1.13 bits per heavy atom. The molecule has 0 bridgehead atoms. The molecular formula is C25H29N3O3. The molecule has 0 saturated carbocycles. The van der Waals surface area contributed by atoms with Crippen molar-refractivity contribution in [3.8, 4) is 11.8 Å². The van der Waals surface area contributed by atoms with Crippen molar-refractivity contribution >= 4 is 17.4 Å². The number of piperidine rings is 1. The number of nitrogens with zero attached hydrogens (tertiary/aromatic N) is 3. The second-order valence-electron chi connectivity index (χ2n) is 7.81. The maximum absolute atomic E-state index is 13.2. The molecule has 1 heterocycles. The molecule has 1 aliphatic heterocycles. The van der Waals surface area contributed by atoms with Gasteiger partial charge in [-0.2, -0.15) is 5.26 Å². The van der Waals surface area contributed by atoms with Crippen LogP contribution in [0.4, 0.5) is 5.69 Å². The van der Waals surface area contributed by atoms with E-state index in [1.165, 1.54) is 0 Å². The smallest absolute Gasteiger partial charge is 0.244 e. The molecule has 0 aromatic heterocycles. The van der Waals surface area contributed by atoms with Gasteiger partial charge in [-0.1, -0.05) is 18.2 Å².